The lowest BCUT2D eigenvalue weighted by molar-refractivity contribution is -0.0261. The molecule has 3 nitrogen and oxygen atoms in total. The lowest BCUT2D eigenvalue weighted by atomic mass is 9.77. The van der Waals surface area contributed by atoms with E-state index in [1.54, 1.807) is 0 Å². The molecule has 3 aliphatic rings. The summed E-state index contributed by atoms with van der Waals surface area (Å²) in [5.41, 5.74) is 0.459. The number of hydrogen-bond acceptors (Lipinski definition) is 3. The molecule has 3 fully saturated rings. The Kier molecular flexibility index (Phi) is 4.45. The van der Waals surface area contributed by atoms with Gasteiger partial charge in [0.1, 0.15) is 0 Å². The SMILES string of the molecule is CCCC1CN(C2CCOC2)C2(CCCCC2)CN1. The summed E-state index contributed by atoms with van der Waals surface area (Å²) in [5, 5.41) is 3.85. The third-order valence-electron chi connectivity index (χ3n) is 5.51. The van der Waals surface area contributed by atoms with Crippen molar-refractivity contribution in [3.05, 3.63) is 0 Å². The summed E-state index contributed by atoms with van der Waals surface area (Å²) >= 11 is 0. The van der Waals surface area contributed by atoms with Crippen LogP contribution in [0, 0.1) is 0 Å². The molecular formula is C16H30N2O. The van der Waals surface area contributed by atoms with Crippen LogP contribution in [0.2, 0.25) is 0 Å². The van der Waals surface area contributed by atoms with Crippen molar-refractivity contribution in [2.75, 3.05) is 26.3 Å². The molecule has 3 heteroatoms. The standard InChI is InChI=1S/C16H30N2O/c1-2-6-14-11-18(15-7-10-19-12-15)16(13-17-14)8-4-3-5-9-16/h14-15,17H,2-13H2,1H3. The molecule has 3 rings (SSSR count). The predicted octanol–water partition coefficient (Wildman–Crippen LogP) is 2.55. The molecule has 19 heavy (non-hydrogen) atoms. The number of hydrogen-bond donors (Lipinski definition) is 1. The van der Waals surface area contributed by atoms with Crippen LogP contribution in [-0.2, 0) is 4.74 Å². The lowest BCUT2D eigenvalue weighted by Gasteiger charge is -2.54. The van der Waals surface area contributed by atoms with E-state index in [0.717, 1.165) is 13.2 Å². The number of nitrogens with one attached hydrogen (secondary N) is 1. The Hall–Kier alpha value is -0.120. The fourth-order valence-electron chi connectivity index (χ4n) is 4.45. The van der Waals surface area contributed by atoms with Crippen molar-refractivity contribution in [2.45, 2.75) is 75.9 Å². The molecule has 0 aromatic heterocycles. The van der Waals surface area contributed by atoms with Crippen LogP contribution >= 0.6 is 0 Å². The molecule has 1 spiro atoms. The maximum Gasteiger partial charge on any atom is 0.0622 e. The quantitative estimate of drug-likeness (QED) is 0.849. The van der Waals surface area contributed by atoms with E-state index in [0.29, 0.717) is 17.6 Å². The molecule has 2 saturated heterocycles. The highest BCUT2D eigenvalue weighted by molar-refractivity contribution is 5.03. The minimum Gasteiger partial charge on any atom is -0.380 e. The smallest absolute Gasteiger partial charge is 0.0622 e. The molecule has 1 aliphatic carbocycles. The molecule has 2 aliphatic heterocycles. The lowest BCUT2D eigenvalue weighted by Crippen LogP contribution is -2.67. The molecule has 0 aromatic carbocycles. The van der Waals surface area contributed by atoms with Gasteiger partial charge >= 0.3 is 0 Å². The number of piperazine rings is 1. The zero-order valence-electron chi connectivity index (χ0n) is 12.5. The van der Waals surface area contributed by atoms with Gasteiger partial charge in [-0.1, -0.05) is 32.6 Å². The van der Waals surface area contributed by atoms with Gasteiger partial charge in [0.25, 0.3) is 0 Å². The van der Waals surface area contributed by atoms with Crippen LogP contribution in [0.5, 0.6) is 0 Å². The first kappa shape index (κ1) is 13.8. The second kappa shape index (κ2) is 6.11. The van der Waals surface area contributed by atoms with Gasteiger partial charge in [-0.25, -0.2) is 0 Å². The third kappa shape index (κ3) is 2.84. The second-order valence-corrected chi connectivity index (χ2v) is 6.82. The van der Waals surface area contributed by atoms with Crippen LogP contribution in [-0.4, -0.2) is 48.8 Å². The van der Waals surface area contributed by atoms with Gasteiger partial charge in [0.15, 0.2) is 0 Å². The topological polar surface area (TPSA) is 24.5 Å². The minimum absolute atomic E-state index is 0.459. The molecule has 1 N–H and O–H groups in total. The third-order valence-corrected chi connectivity index (χ3v) is 5.51. The average molecular weight is 266 g/mol. The predicted molar refractivity (Wildman–Crippen MR) is 78.4 cm³/mol. The van der Waals surface area contributed by atoms with Gasteiger partial charge in [0, 0.05) is 37.3 Å². The first-order valence-corrected chi connectivity index (χ1v) is 8.42. The van der Waals surface area contributed by atoms with Gasteiger partial charge in [-0.2, -0.15) is 0 Å². The van der Waals surface area contributed by atoms with Gasteiger partial charge in [0.2, 0.25) is 0 Å². The molecular weight excluding hydrogens is 236 g/mol. The Morgan fingerprint density at radius 1 is 1.26 bits per heavy atom. The Balaban J connectivity index is 1.73. The van der Waals surface area contributed by atoms with Crippen LogP contribution in [0.25, 0.3) is 0 Å². The van der Waals surface area contributed by atoms with Crippen molar-refractivity contribution in [2.24, 2.45) is 0 Å². The second-order valence-electron chi connectivity index (χ2n) is 6.82. The summed E-state index contributed by atoms with van der Waals surface area (Å²) in [6.07, 6.45) is 10.9. The molecule has 0 bridgehead atoms. The minimum atomic E-state index is 0.459. The highest BCUT2D eigenvalue weighted by atomic mass is 16.5. The fourth-order valence-corrected chi connectivity index (χ4v) is 4.45. The molecule has 0 aromatic rings. The highest BCUT2D eigenvalue weighted by Gasteiger charge is 2.45. The monoisotopic (exact) mass is 266 g/mol. The Labute approximate surface area is 118 Å². The summed E-state index contributed by atoms with van der Waals surface area (Å²) in [7, 11) is 0. The van der Waals surface area contributed by atoms with Crippen molar-refractivity contribution >= 4 is 0 Å². The van der Waals surface area contributed by atoms with E-state index in [9.17, 15) is 0 Å². The average Bonchev–Trinajstić information content (AvgIpc) is 2.96. The summed E-state index contributed by atoms with van der Waals surface area (Å²) in [5.74, 6) is 0. The van der Waals surface area contributed by atoms with Crippen molar-refractivity contribution in [1.82, 2.24) is 10.2 Å². The van der Waals surface area contributed by atoms with Crippen LogP contribution in [0.4, 0.5) is 0 Å². The van der Waals surface area contributed by atoms with E-state index in [2.05, 4.69) is 17.1 Å². The Morgan fingerprint density at radius 2 is 2.11 bits per heavy atom. The van der Waals surface area contributed by atoms with Gasteiger partial charge in [0.05, 0.1) is 6.61 Å². The van der Waals surface area contributed by atoms with E-state index in [-0.39, 0.29) is 0 Å². The molecule has 0 amide bonds. The molecule has 1 saturated carbocycles. The molecule has 2 atom stereocenters. The first-order chi connectivity index (χ1) is 9.34. The van der Waals surface area contributed by atoms with E-state index < -0.39 is 0 Å². The van der Waals surface area contributed by atoms with E-state index in [4.69, 9.17) is 4.74 Å². The zero-order chi connectivity index (χ0) is 13.1. The molecule has 0 radical (unpaired) electrons. The Morgan fingerprint density at radius 3 is 2.79 bits per heavy atom. The van der Waals surface area contributed by atoms with Gasteiger partial charge in [-0.05, 0) is 25.7 Å². The molecule has 2 heterocycles. The van der Waals surface area contributed by atoms with Crippen LogP contribution < -0.4 is 5.32 Å². The number of nitrogens with zero attached hydrogens (tertiary/aromatic N) is 1. The van der Waals surface area contributed by atoms with E-state index in [1.165, 1.54) is 64.5 Å². The van der Waals surface area contributed by atoms with Gasteiger partial charge in [-0.15, -0.1) is 0 Å². The maximum atomic E-state index is 5.68. The highest BCUT2D eigenvalue weighted by Crippen LogP contribution is 2.38. The van der Waals surface area contributed by atoms with Crippen LogP contribution in [0.3, 0.4) is 0 Å². The molecule has 2 unspecified atom stereocenters. The summed E-state index contributed by atoms with van der Waals surface area (Å²) in [4.78, 5) is 2.87. The Bertz CT molecular complexity index is 282. The van der Waals surface area contributed by atoms with E-state index >= 15 is 0 Å². The molecule has 110 valence electrons. The van der Waals surface area contributed by atoms with Crippen molar-refractivity contribution in [1.29, 1.82) is 0 Å². The van der Waals surface area contributed by atoms with Crippen LogP contribution in [0.1, 0.15) is 58.3 Å². The summed E-state index contributed by atoms with van der Waals surface area (Å²) in [6, 6.07) is 1.40. The largest absolute Gasteiger partial charge is 0.380 e. The van der Waals surface area contributed by atoms with Gasteiger partial charge < -0.3 is 10.1 Å². The summed E-state index contributed by atoms with van der Waals surface area (Å²) in [6.45, 7) is 6.72. The van der Waals surface area contributed by atoms with E-state index in [1.807, 2.05) is 0 Å². The van der Waals surface area contributed by atoms with Gasteiger partial charge in [-0.3, -0.25) is 4.90 Å². The maximum absolute atomic E-state index is 5.68. The van der Waals surface area contributed by atoms with Crippen molar-refractivity contribution < 1.29 is 4.74 Å². The zero-order valence-corrected chi connectivity index (χ0v) is 12.5. The summed E-state index contributed by atoms with van der Waals surface area (Å²) < 4.78 is 5.68. The van der Waals surface area contributed by atoms with Crippen LogP contribution in [0.15, 0.2) is 0 Å². The fraction of sp³-hybridized carbons (Fsp3) is 1.00. The normalized spacial score (nSPS) is 35.8. The number of ether oxygens (including phenoxy) is 1. The first-order valence-electron chi connectivity index (χ1n) is 8.42. The van der Waals surface area contributed by atoms with Crippen molar-refractivity contribution in [3.8, 4) is 0 Å². The number of rotatable bonds is 3. The van der Waals surface area contributed by atoms with Crippen molar-refractivity contribution in [3.63, 3.8) is 0 Å².